The second kappa shape index (κ2) is 5.24. The van der Waals surface area contributed by atoms with Crippen molar-refractivity contribution in [3.05, 3.63) is 31.4 Å². The molecule has 0 radical (unpaired) electrons. The molecule has 0 aromatic heterocycles. The fourth-order valence-corrected chi connectivity index (χ4v) is 1.88. The monoisotopic (exact) mass is 335 g/mol. The maximum atomic E-state index is 11.4. The second-order valence-electron chi connectivity index (χ2n) is 3.05. The van der Waals surface area contributed by atoms with Crippen molar-refractivity contribution in [3.63, 3.8) is 0 Å². The van der Waals surface area contributed by atoms with Crippen LogP contribution < -0.4 is 4.74 Å². The molecule has 0 aliphatic carbocycles. The number of benzene rings is 1. The van der Waals surface area contributed by atoms with Crippen LogP contribution in [0.25, 0.3) is 0 Å². The third kappa shape index (κ3) is 2.69. The van der Waals surface area contributed by atoms with Crippen molar-refractivity contribution in [2.45, 2.75) is 13.8 Å². The molecule has 1 aromatic rings. The van der Waals surface area contributed by atoms with Crippen molar-refractivity contribution in [3.8, 4) is 5.75 Å². The van der Waals surface area contributed by atoms with E-state index in [1.165, 1.54) is 13.0 Å². The molecule has 0 bridgehead atoms. The fourth-order valence-electron chi connectivity index (χ4n) is 1.27. The van der Waals surface area contributed by atoms with E-state index in [9.17, 15) is 14.9 Å². The summed E-state index contributed by atoms with van der Waals surface area (Å²) in [6.45, 7) is 3.35. The normalized spacial score (nSPS) is 9.94. The average Bonchev–Trinajstić information content (AvgIpc) is 2.19. The zero-order valence-corrected chi connectivity index (χ0v) is 11.0. The number of ketones is 1. The number of nitro groups is 1. The number of carbonyl (C=O) groups is 1. The van der Waals surface area contributed by atoms with Crippen LogP contribution in [0.4, 0.5) is 5.69 Å². The molecule has 86 valence electrons. The molecule has 0 saturated heterocycles. The first kappa shape index (κ1) is 12.9. The van der Waals surface area contributed by atoms with Gasteiger partial charge in [0.05, 0.1) is 17.1 Å². The summed E-state index contributed by atoms with van der Waals surface area (Å²) in [5, 5.41) is 10.8. The highest BCUT2D eigenvalue weighted by Crippen LogP contribution is 2.33. The van der Waals surface area contributed by atoms with Gasteiger partial charge in [0.15, 0.2) is 5.78 Å². The summed E-state index contributed by atoms with van der Waals surface area (Å²) >= 11 is 1.93. The summed E-state index contributed by atoms with van der Waals surface area (Å²) in [6.07, 6.45) is 0. The van der Waals surface area contributed by atoms with Crippen molar-refractivity contribution in [2.24, 2.45) is 0 Å². The van der Waals surface area contributed by atoms with Crippen molar-refractivity contribution < 1.29 is 14.5 Å². The Morgan fingerprint density at radius 1 is 1.56 bits per heavy atom. The Morgan fingerprint density at radius 2 is 2.19 bits per heavy atom. The molecule has 0 N–H and O–H groups in total. The van der Waals surface area contributed by atoms with E-state index in [2.05, 4.69) is 0 Å². The standard InChI is InChI=1S/C10H10INO4/c1-3-16-10-8(6(2)13)4-7(11)5-9(10)12(14)15/h4-5H,3H2,1-2H3. The van der Waals surface area contributed by atoms with Crippen molar-refractivity contribution in [1.82, 2.24) is 0 Å². The molecule has 6 heteroatoms. The lowest BCUT2D eigenvalue weighted by atomic mass is 10.1. The lowest BCUT2D eigenvalue weighted by Gasteiger charge is -2.08. The van der Waals surface area contributed by atoms with E-state index in [0.717, 1.165) is 0 Å². The number of hydrogen-bond acceptors (Lipinski definition) is 4. The van der Waals surface area contributed by atoms with Gasteiger partial charge in [-0.05, 0) is 42.5 Å². The fraction of sp³-hybridized carbons (Fsp3) is 0.300. The predicted molar refractivity (Wildman–Crippen MR) is 67.0 cm³/mol. The maximum Gasteiger partial charge on any atom is 0.312 e. The molecule has 0 spiro atoms. The SMILES string of the molecule is CCOc1c(C(C)=O)cc(I)cc1[N+](=O)[O-]. The van der Waals surface area contributed by atoms with Gasteiger partial charge in [-0.3, -0.25) is 14.9 Å². The van der Waals surface area contributed by atoms with E-state index in [1.807, 2.05) is 22.6 Å². The quantitative estimate of drug-likeness (QED) is 0.367. The first-order valence-electron chi connectivity index (χ1n) is 4.59. The number of Topliss-reactive ketones (excluding diaryl/α,β-unsaturated/α-hetero) is 1. The number of rotatable bonds is 4. The first-order valence-corrected chi connectivity index (χ1v) is 5.67. The van der Waals surface area contributed by atoms with Crippen LogP contribution >= 0.6 is 22.6 Å². The van der Waals surface area contributed by atoms with Crippen molar-refractivity contribution in [2.75, 3.05) is 6.61 Å². The predicted octanol–water partition coefficient (Wildman–Crippen LogP) is 2.80. The largest absolute Gasteiger partial charge is 0.487 e. The molecule has 0 atom stereocenters. The van der Waals surface area contributed by atoms with Crippen LogP contribution in [0.3, 0.4) is 0 Å². The van der Waals surface area contributed by atoms with E-state index < -0.39 is 4.92 Å². The first-order chi connectivity index (χ1) is 7.47. The van der Waals surface area contributed by atoms with Gasteiger partial charge >= 0.3 is 5.69 Å². The van der Waals surface area contributed by atoms with Crippen molar-refractivity contribution >= 4 is 34.1 Å². The smallest absolute Gasteiger partial charge is 0.312 e. The van der Waals surface area contributed by atoms with Gasteiger partial charge in [0.2, 0.25) is 5.75 Å². The van der Waals surface area contributed by atoms with Crippen molar-refractivity contribution in [1.29, 1.82) is 0 Å². The Kier molecular flexibility index (Phi) is 4.22. The lowest BCUT2D eigenvalue weighted by molar-refractivity contribution is -0.386. The highest BCUT2D eigenvalue weighted by atomic mass is 127. The summed E-state index contributed by atoms with van der Waals surface area (Å²) in [5.41, 5.74) is 0.0828. The van der Waals surface area contributed by atoms with Gasteiger partial charge in [-0.15, -0.1) is 0 Å². The third-order valence-electron chi connectivity index (χ3n) is 1.90. The van der Waals surface area contributed by atoms with E-state index in [1.54, 1.807) is 13.0 Å². The number of hydrogen-bond donors (Lipinski definition) is 0. The van der Waals surface area contributed by atoms with E-state index >= 15 is 0 Å². The Labute approximate surface area is 106 Å². The third-order valence-corrected chi connectivity index (χ3v) is 2.52. The molecular weight excluding hydrogens is 325 g/mol. The molecule has 0 fully saturated rings. The summed E-state index contributed by atoms with van der Waals surface area (Å²) in [7, 11) is 0. The number of halogens is 1. The number of nitrogens with zero attached hydrogens (tertiary/aromatic N) is 1. The molecule has 0 saturated carbocycles. The molecule has 0 unspecified atom stereocenters. The Hall–Kier alpha value is -1.18. The molecule has 0 amide bonds. The molecule has 1 aromatic carbocycles. The van der Waals surface area contributed by atoms with Gasteiger partial charge in [0, 0.05) is 9.64 Å². The highest BCUT2D eigenvalue weighted by Gasteiger charge is 2.22. The molecule has 0 heterocycles. The number of carbonyl (C=O) groups excluding carboxylic acids is 1. The molecular formula is C10H10INO4. The molecule has 0 aliphatic heterocycles. The van der Waals surface area contributed by atoms with E-state index in [0.29, 0.717) is 3.57 Å². The van der Waals surface area contributed by atoms with Crippen LogP contribution in [0, 0.1) is 13.7 Å². The van der Waals surface area contributed by atoms with Gasteiger partial charge in [-0.25, -0.2) is 0 Å². The topological polar surface area (TPSA) is 69.4 Å². The van der Waals surface area contributed by atoms with Crippen LogP contribution in [0.15, 0.2) is 12.1 Å². The van der Waals surface area contributed by atoms with Crippen LogP contribution in [0.2, 0.25) is 0 Å². The van der Waals surface area contributed by atoms with Gasteiger partial charge < -0.3 is 4.74 Å². The lowest BCUT2D eigenvalue weighted by Crippen LogP contribution is -2.05. The number of ether oxygens (including phenoxy) is 1. The van der Waals surface area contributed by atoms with E-state index in [4.69, 9.17) is 4.74 Å². The zero-order valence-electron chi connectivity index (χ0n) is 8.82. The van der Waals surface area contributed by atoms with Crippen LogP contribution in [-0.2, 0) is 0 Å². The minimum atomic E-state index is -0.542. The van der Waals surface area contributed by atoms with Crippen LogP contribution in [0.1, 0.15) is 24.2 Å². The molecule has 0 aliphatic rings. The Bertz CT molecular complexity index is 409. The summed E-state index contributed by atoms with van der Waals surface area (Å²) in [5.74, 6) is -0.189. The second-order valence-corrected chi connectivity index (χ2v) is 4.29. The van der Waals surface area contributed by atoms with Gasteiger partial charge in [0.1, 0.15) is 0 Å². The summed E-state index contributed by atoms with van der Waals surface area (Å²) < 4.78 is 5.82. The van der Waals surface area contributed by atoms with Crippen LogP contribution in [-0.4, -0.2) is 17.3 Å². The molecule has 16 heavy (non-hydrogen) atoms. The summed E-state index contributed by atoms with van der Waals surface area (Å²) in [6, 6.07) is 2.97. The van der Waals surface area contributed by atoms with E-state index in [-0.39, 0.29) is 29.4 Å². The molecule has 5 nitrogen and oxygen atoms in total. The number of nitro benzene ring substituents is 1. The zero-order chi connectivity index (χ0) is 12.3. The Morgan fingerprint density at radius 3 is 2.62 bits per heavy atom. The Balaban J connectivity index is 3.47. The van der Waals surface area contributed by atoms with Crippen LogP contribution in [0.5, 0.6) is 5.75 Å². The summed E-state index contributed by atoms with van der Waals surface area (Å²) in [4.78, 5) is 21.7. The minimum absolute atomic E-state index is 0.0559. The van der Waals surface area contributed by atoms with Gasteiger partial charge in [-0.1, -0.05) is 0 Å². The van der Waals surface area contributed by atoms with Gasteiger partial charge in [-0.2, -0.15) is 0 Å². The van der Waals surface area contributed by atoms with Gasteiger partial charge in [0.25, 0.3) is 0 Å². The molecule has 1 rings (SSSR count). The maximum absolute atomic E-state index is 11.4. The average molecular weight is 335 g/mol. The minimum Gasteiger partial charge on any atom is -0.487 e. The highest BCUT2D eigenvalue weighted by molar-refractivity contribution is 14.1.